The van der Waals surface area contributed by atoms with Crippen LogP contribution in [0.25, 0.3) is 0 Å². The summed E-state index contributed by atoms with van der Waals surface area (Å²) in [4.78, 5) is 48.7. The van der Waals surface area contributed by atoms with E-state index in [2.05, 4.69) is 45.1 Å². The number of phosphoric acid groups is 1. The van der Waals surface area contributed by atoms with Gasteiger partial charge in [0.25, 0.3) is 0 Å². The lowest BCUT2D eigenvalue weighted by Crippen LogP contribution is -2.30. The predicted octanol–water partition coefficient (Wildman–Crippen LogP) is 19.4. The Morgan fingerprint density at radius 1 is 0.368 bits per heavy atom. The molecule has 0 rings (SSSR count). The summed E-state index contributed by atoms with van der Waals surface area (Å²) < 4.78 is 39.7. The monoisotopic (exact) mass is 1100 g/mol. The molecule has 0 amide bonds. The van der Waals surface area contributed by atoms with Crippen LogP contribution in [-0.2, 0) is 42.2 Å². The summed E-state index contributed by atoms with van der Waals surface area (Å²) in [7, 11) is -4.75. The molecule has 12 heteroatoms. The molecule has 0 saturated carbocycles. The van der Waals surface area contributed by atoms with Crippen LogP contribution >= 0.6 is 7.82 Å². The van der Waals surface area contributed by atoms with Gasteiger partial charge >= 0.3 is 25.7 Å². The van der Waals surface area contributed by atoms with Gasteiger partial charge in [0.1, 0.15) is 12.7 Å². The van der Waals surface area contributed by atoms with Crippen molar-refractivity contribution in [3.05, 3.63) is 24.3 Å². The van der Waals surface area contributed by atoms with Crippen molar-refractivity contribution in [1.82, 2.24) is 0 Å². The second-order valence-electron chi connectivity index (χ2n) is 21.9. The molecule has 448 valence electrons. The van der Waals surface area contributed by atoms with E-state index >= 15 is 0 Å². The molecular weight excluding hydrogens is 976 g/mol. The molecule has 0 radical (unpaired) electrons. The number of hydrogen-bond acceptors (Lipinski definition) is 10. The number of aliphatic hydroxyl groups excluding tert-OH is 1. The molecule has 0 aromatic rings. The second-order valence-corrected chi connectivity index (χ2v) is 23.4. The van der Waals surface area contributed by atoms with Crippen molar-refractivity contribution in [2.75, 3.05) is 26.4 Å². The molecule has 3 unspecified atom stereocenters. The third kappa shape index (κ3) is 56.7. The van der Waals surface area contributed by atoms with Crippen LogP contribution in [0.4, 0.5) is 0 Å². The van der Waals surface area contributed by atoms with Crippen molar-refractivity contribution in [1.29, 1.82) is 0 Å². The molecule has 3 atom stereocenters. The van der Waals surface area contributed by atoms with Crippen LogP contribution in [0, 0.1) is 0 Å². The van der Waals surface area contributed by atoms with Crippen LogP contribution in [0.5, 0.6) is 0 Å². The molecule has 0 aliphatic heterocycles. The van der Waals surface area contributed by atoms with Crippen molar-refractivity contribution in [3.8, 4) is 0 Å². The van der Waals surface area contributed by atoms with E-state index < -0.39 is 57.8 Å². The number of aliphatic hydroxyl groups is 1. The first kappa shape index (κ1) is 74.0. The maximum atomic E-state index is 12.9. The fraction of sp³-hybridized carbons (Fsp3) is 0.891. The van der Waals surface area contributed by atoms with Crippen molar-refractivity contribution in [3.63, 3.8) is 0 Å². The van der Waals surface area contributed by atoms with Crippen LogP contribution in [0.1, 0.15) is 329 Å². The van der Waals surface area contributed by atoms with E-state index in [9.17, 15) is 28.9 Å². The average molecular weight is 1100 g/mol. The van der Waals surface area contributed by atoms with Gasteiger partial charge in [-0.15, -0.1) is 0 Å². The van der Waals surface area contributed by atoms with Crippen molar-refractivity contribution in [2.24, 2.45) is 0 Å². The lowest BCUT2D eigenvalue weighted by Gasteiger charge is -2.21. The highest BCUT2D eigenvalue weighted by Crippen LogP contribution is 2.43. The standard InChI is InChI=1S/C64H121O11P/c1-4-7-10-13-16-19-22-25-27-29-30-32-34-37-40-43-46-49-52-55-64(68)75-61(57-71-62(66)53-50-47-44-41-38-35-24-21-18-15-12-9-6-3)59-73-76(69,70)72-58-60(56-65)74-63(67)54-51-48-45-42-39-36-33-31-28-26-23-20-17-14-11-8-5-2/h17,20,26,28,60-61,65H,4-16,18-19,21-25,27,29-59H2,1-3H3,(H,69,70)/b20-17-,28-26-. The minimum Gasteiger partial charge on any atom is -0.462 e. The molecule has 11 nitrogen and oxygen atoms in total. The number of ether oxygens (including phenoxy) is 3. The van der Waals surface area contributed by atoms with E-state index in [4.69, 9.17) is 23.3 Å². The fourth-order valence-corrected chi connectivity index (χ4v) is 10.2. The molecule has 0 fully saturated rings. The van der Waals surface area contributed by atoms with Crippen molar-refractivity contribution < 1.29 is 52.2 Å². The van der Waals surface area contributed by atoms with Gasteiger partial charge < -0.3 is 24.2 Å². The van der Waals surface area contributed by atoms with Gasteiger partial charge in [-0.05, 0) is 51.4 Å². The number of carbonyl (C=O) groups excluding carboxylic acids is 3. The number of rotatable bonds is 61. The zero-order valence-electron chi connectivity index (χ0n) is 49.7. The summed E-state index contributed by atoms with van der Waals surface area (Å²) in [6, 6.07) is 0. The van der Waals surface area contributed by atoms with Crippen molar-refractivity contribution in [2.45, 2.75) is 341 Å². The summed E-state index contributed by atoms with van der Waals surface area (Å²) in [6.45, 7) is 4.69. The normalized spacial score (nSPS) is 13.4. The smallest absolute Gasteiger partial charge is 0.462 e. The molecule has 76 heavy (non-hydrogen) atoms. The average Bonchev–Trinajstić information content (AvgIpc) is 3.41. The molecule has 0 spiro atoms. The van der Waals surface area contributed by atoms with Gasteiger partial charge in [-0.1, -0.05) is 283 Å². The summed E-state index contributed by atoms with van der Waals surface area (Å²) in [5.41, 5.74) is 0. The predicted molar refractivity (Wildman–Crippen MR) is 316 cm³/mol. The Labute approximate surface area is 468 Å². The highest BCUT2D eigenvalue weighted by molar-refractivity contribution is 7.47. The molecular formula is C64H121O11P. The van der Waals surface area contributed by atoms with Gasteiger partial charge in [-0.25, -0.2) is 4.57 Å². The van der Waals surface area contributed by atoms with Crippen LogP contribution in [0.3, 0.4) is 0 Å². The Hall–Kier alpha value is -2.04. The van der Waals surface area contributed by atoms with Crippen LogP contribution < -0.4 is 0 Å². The molecule has 0 aliphatic rings. The second kappa shape index (κ2) is 59.1. The van der Waals surface area contributed by atoms with Gasteiger partial charge in [-0.2, -0.15) is 0 Å². The topological polar surface area (TPSA) is 155 Å². The van der Waals surface area contributed by atoms with E-state index in [1.807, 2.05) is 0 Å². The van der Waals surface area contributed by atoms with Crippen LogP contribution in [0.15, 0.2) is 24.3 Å². The summed E-state index contributed by atoms with van der Waals surface area (Å²) in [5.74, 6) is -1.44. The molecule has 2 N–H and O–H groups in total. The molecule has 0 aromatic carbocycles. The molecule has 0 aromatic heterocycles. The van der Waals surface area contributed by atoms with Gasteiger partial charge in [0, 0.05) is 19.3 Å². The lowest BCUT2D eigenvalue weighted by molar-refractivity contribution is -0.161. The largest absolute Gasteiger partial charge is 0.472 e. The van der Waals surface area contributed by atoms with E-state index in [0.29, 0.717) is 19.3 Å². The Morgan fingerprint density at radius 2 is 0.645 bits per heavy atom. The third-order valence-electron chi connectivity index (χ3n) is 14.4. The first-order valence-corrected chi connectivity index (χ1v) is 33.7. The molecule has 0 aliphatic carbocycles. The van der Waals surface area contributed by atoms with Crippen LogP contribution in [-0.4, -0.2) is 66.5 Å². The first-order chi connectivity index (χ1) is 37.2. The number of carbonyl (C=O) groups is 3. The minimum absolute atomic E-state index is 0.173. The minimum atomic E-state index is -4.75. The summed E-state index contributed by atoms with van der Waals surface area (Å²) in [6.07, 6.45) is 61.2. The summed E-state index contributed by atoms with van der Waals surface area (Å²) in [5, 5.41) is 9.85. The van der Waals surface area contributed by atoms with Gasteiger partial charge in [0.05, 0.1) is 19.8 Å². The van der Waals surface area contributed by atoms with E-state index in [1.165, 1.54) is 193 Å². The maximum absolute atomic E-state index is 12.9. The summed E-state index contributed by atoms with van der Waals surface area (Å²) >= 11 is 0. The van der Waals surface area contributed by atoms with Crippen molar-refractivity contribution >= 4 is 25.7 Å². The lowest BCUT2D eigenvalue weighted by atomic mass is 10.0. The molecule has 0 bridgehead atoms. The SMILES string of the molecule is CCCCC/C=C\C/C=C\CCCCCCCCCC(=O)OC(CO)COP(=O)(O)OCC(COC(=O)CCCCCCCCCCCCCCC)OC(=O)CCCCCCCCCCCCCCCCCCCCC. The van der Waals surface area contributed by atoms with E-state index in [0.717, 1.165) is 77.0 Å². The quantitative estimate of drug-likeness (QED) is 0.0197. The number of unbranched alkanes of at least 4 members (excludes halogenated alkanes) is 40. The van der Waals surface area contributed by atoms with Gasteiger partial charge in [-0.3, -0.25) is 23.4 Å². The number of esters is 3. The van der Waals surface area contributed by atoms with Gasteiger partial charge in [0.2, 0.25) is 0 Å². The highest BCUT2D eigenvalue weighted by atomic mass is 31.2. The Balaban J connectivity index is 4.62. The number of allylic oxidation sites excluding steroid dienone is 4. The fourth-order valence-electron chi connectivity index (χ4n) is 9.45. The highest BCUT2D eigenvalue weighted by Gasteiger charge is 2.28. The Bertz CT molecular complexity index is 1370. The first-order valence-electron chi connectivity index (χ1n) is 32.2. The molecule has 0 heterocycles. The van der Waals surface area contributed by atoms with Crippen LogP contribution in [0.2, 0.25) is 0 Å². The Morgan fingerprint density at radius 3 is 1.00 bits per heavy atom. The third-order valence-corrected chi connectivity index (χ3v) is 15.3. The zero-order chi connectivity index (χ0) is 55.5. The van der Waals surface area contributed by atoms with Gasteiger partial charge in [0.15, 0.2) is 6.10 Å². The number of phosphoric ester groups is 1. The maximum Gasteiger partial charge on any atom is 0.472 e. The number of hydrogen-bond donors (Lipinski definition) is 2. The molecule has 0 saturated heterocycles. The van der Waals surface area contributed by atoms with E-state index in [-0.39, 0.29) is 25.9 Å². The zero-order valence-corrected chi connectivity index (χ0v) is 50.6. The Kier molecular flexibility index (Phi) is 57.5. The van der Waals surface area contributed by atoms with E-state index in [1.54, 1.807) is 0 Å².